The van der Waals surface area contributed by atoms with E-state index >= 15 is 0 Å². The van der Waals surface area contributed by atoms with Crippen LogP contribution in [0, 0.1) is 0 Å². The van der Waals surface area contributed by atoms with Crippen LogP contribution in [0.25, 0.3) is 0 Å². The van der Waals surface area contributed by atoms with Crippen LogP contribution in [0.15, 0.2) is 51.8 Å². The van der Waals surface area contributed by atoms with Crippen molar-refractivity contribution in [2.45, 2.75) is 16.6 Å². The monoisotopic (exact) mass is 335 g/mol. The molecule has 0 saturated heterocycles. The highest BCUT2D eigenvalue weighted by molar-refractivity contribution is 9.10. The van der Waals surface area contributed by atoms with E-state index in [1.807, 2.05) is 30.0 Å². The fraction of sp³-hybridized carbons (Fsp3) is 0.200. The third-order valence-corrected chi connectivity index (χ3v) is 4.89. The van der Waals surface area contributed by atoms with Crippen LogP contribution in [0.1, 0.15) is 5.56 Å². The van der Waals surface area contributed by atoms with E-state index in [9.17, 15) is 0 Å². The maximum Gasteiger partial charge on any atom is 0.142 e. The van der Waals surface area contributed by atoms with Gasteiger partial charge in [0.25, 0.3) is 0 Å². The van der Waals surface area contributed by atoms with E-state index in [-0.39, 0.29) is 0 Å². The van der Waals surface area contributed by atoms with E-state index in [2.05, 4.69) is 40.2 Å². The summed E-state index contributed by atoms with van der Waals surface area (Å²) >= 11 is 5.28. The second-order valence-electron chi connectivity index (χ2n) is 4.54. The average molecular weight is 336 g/mol. The molecule has 0 saturated carbocycles. The lowest BCUT2D eigenvalue weighted by molar-refractivity contribution is 0.319. The molecular formula is C15H14BrNOS. The van der Waals surface area contributed by atoms with Gasteiger partial charge in [-0.3, -0.25) is 0 Å². The van der Waals surface area contributed by atoms with Crippen LogP contribution in [0.3, 0.4) is 0 Å². The SMILES string of the molecule is Nc1cc(Br)ccc1OCC1Cc2ccccc2S1. The third kappa shape index (κ3) is 2.90. The van der Waals surface area contributed by atoms with E-state index in [1.165, 1.54) is 10.5 Å². The Morgan fingerprint density at radius 1 is 1.26 bits per heavy atom. The lowest BCUT2D eigenvalue weighted by atomic mass is 10.1. The van der Waals surface area contributed by atoms with Crippen LogP contribution in [-0.4, -0.2) is 11.9 Å². The van der Waals surface area contributed by atoms with Gasteiger partial charge < -0.3 is 10.5 Å². The molecule has 1 aliphatic rings. The maximum atomic E-state index is 5.93. The first kappa shape index (κ1) is 12.9. The highest BCUT2D eigenvalue weighted by Gasteiger charge is 2.22. The first-order valence-corrected chi connectivity index (χ1v) is 7.82. The van der Waals surface area contributed by atoms with Crippen molar-refractivity contribution < 1.29 is 4.74 Å². The van der Waals surface area contributed by atoms with Gasteiger partial charge in [-0.15, -0.1) is 11.8 Å². The highest BCUT2D eigenvalue weighted by atomic mass is 79.9. The van der Waals surface area contributed by atoms with E-state index in [4.69, 9.17) is 10.5 Å². The molecule has 0 spiro atoms. The van der Waals surface area contributed by atoms with Crippen molar-refractivity contribution >= 4 is 33.4 Å². The molecule has 0 radical (unpaired) electrons. The second-order valence-corrected chi connectivity index (χ2v) is 6.80. The van der Waals surface area contributed by atoms with Crippen LogP contribution in [0.4, 0.5) is 5.69 Å². The molecule has 1 heterocycles. The molecule has 1 unspecified atom stereocenters. The predicted molar refractivity (Wildman–Crippen MR) is 83.8 cm³/mol. The summed E-state index contributed by atoms with van der Waals surface area (Å²) in [4.78, 5) is 1.37. The summed E-state index contributed by atoms with van der Waals surface area (Å²) in [6, 6.07) is 14.3. The molecule has 2 nitrogen and oxygen atoms in total. The van der Waals surface area contributed by atoms with Crippen molar-refractivity contribution in [3.05, 3.63) is 52.5 Å². The number of hydrogen-bond donors (Lipinski definition) is 1. The fourth-order valence-corrected chi connectivity index (χ4v) is 3.78. The minimum Gasteiger partial charge on any atom is -0.490 e. The molecule has 4 heteroatoms. The van der Waals surface area contributed by atoms with E-state index < -0.39 is 0 Å². The van der Waals surface area contributed by atoms with Crippen molar-refractivity contribution in [3.63, 3.8) is 0 Å². The summed E-state index contributed by atoms with van der Waals surface area (Å²) < 4.78 is 6.81. The molecule has 0 fully saturated rings. The number of ether oxygens (including phenoxy) is 1. The Bertz CT molecular complexity index is 577. The largest absolute Gasteiger partial charge is 0.490 e. The van der Waals surface area contributed by atoms with Crippen LogP contribution in [-0.2, 0) is 6.42 Å². The minimum atomic E-state index is 0.473. The summed E-state index contributed by atoms with van der Waals surface area (Å²) in [7, 11) is 0. The van der Waals surface area contributed by atoms with E-state index in [1.54, 1.807) is 0 Å². The van der Waals surface area contributed by atoms with E-state index in [0.717, 1.165) is 16.6 Å². The Hall–Kier alpha value is -1.13. The van der Waals surface area contributed by atoms with Gasteiger partial charge in [-0.25, -0.2) is 0 Å². The van der Waals surface area contributed by atoms with Gasteiger partial charge in [-0.05, 0) is 36.2 Å². The zero-order valence-electron chi connectivity index (χ0n) is 10.3. The molecule has 2 N–H and O–H groups in total. The molecule has 0 amide bonds. The quantitative estimate of drug-likeness (QED) is 0.856. The Labute approximate surface area is 125 Å². The summed E-state index contributed by atoms with van der Waals surface area (Å²) in [6.45, 7) is 0.686. The summed E-state index contributed by atoms with van der Waals surface area (Å²) in [5.74, 6) is 0.764. The standard InChI is InChI=1S/C15H14BrNOS/c16-11-5-6-14(13(17)8-11)18-9-12-7-10-3-1-2-4-15(10)19-12/h1-6,8,12H,7,9,17H2. The fourth-order valence-electron chi connectivity index (χ4n) is 2.18. The van der Waals surface area contributed by atoms with E-state index in [0.29, 0.717) is 17.5 Å². The van der Waals surface area contributed by atoms with Gasteiger partial charge >= 0.3 is 0 Å². The van der Waals surface area contributed by atoms with Crippen LogP contribution in [0.2, 0.25) is 0 Å². The topological polar surface area (TPSA) is 35.2 Å². The van der Waals surface area contributed by atoms with Crippen molar-refractivity contribution in [2.75, 3.05) is 12.3 Å². The number of nitrogen functional groups attached to an aromatic ring is 1. The molecule has 0 bridgehead atoms. The number of halogens is 1. The summed E-state index contributed by atoms with van der Waals surface area (Å²) in [5.41, 5.74) is 8.03. The minimum absolute atomic E-state index is 0.473. The van der Waals surface area contributed by atoms with Crippen LogP contribution in [0.5, 0.6) is 5.75 Å². The molecule has 19 heavy (non-hydrogen) atoms. The molecule has 0 aliphatic carbocycles. The third-order valence-electron chi connectivity index (χ3n) is 3.11. The number of anilines is 1. The number of thioether (sulfide) groups is 1. The molecule has 0 aromatic heterocycles. The van der Waals surface area contributed by atoms with Crippen LogP contribution >= 0.6 is 27.7 Å². The Morgan fingerprint density at radius 3 is 2.89 bits per heavy atom. The van der Waals surface area contributed by atoms with Crippen molar-refractivity contribution in [2.24, 2.45) is 0 Å². The second kappa shape index (κ2) is 5.47. The van der Waals surface area contributed by atoms with Gasteiger partial charge in [0, 0.05) is 14.6 Å². The van der Waals surface area contributed by atoms with Crippen molar-refractivity contribution in [3.8, 4) is 5.75 Å². The molecule has 3 rings (SSSR count). The predicted octanol–water partition coefficient (Wildman–Crippen LogP) is 4.13. The van der Waals surface area contributed by atoms with Gasteiger partial charge in [-0.1, -0.05) is 34.1 Å². The van der Waals surface area contributed by atoms with Crippen molar-refractivity contribution in [1.29, 1.82) is 0 Å². The summed E-state index contributed by atoms with van der Waals surface area (Å²) in [5, 5.41) is 0.473. The smallest absolute Gasteiger partial charge is 0.142 e. The lowest BCUT2D eigenvalue weighted by Gasteiger charge is -2.12. The molecule has 2 aromatic carbocycles. The van der Waals surface area contributed by atoms with Gasteiger partial charge in [0.1, 0.15) is 12.4 Å². The van der Waals surface area contributed by atoms with Gasteiger partial charge in [0.2, 0.25) is 0 Å². The molecule has 98 valence electrons. The number of fused-ring (bicyclic) bond motifs is 1. The number of hydrogen-bond acceptors (Lipinski definition) is 3. The van der Waals surface area contributed by atoms with Crippen LogP contribution < -0.4 is 10.5 Å². The molecule has 1 aliphatic heterocycles. The number of benzene rings is 2. The first-order chi connectivity index (χ1) is 9.22. The number of nitrogens with two attached hydrogens (primary N) is 1. The normalized spacial score (nSPS) is 17.2. The number of rotatable bonds is 3. The molecular weight excluding hydrogens is 322 g/mol. The van der Waals surface area contributed by atoms with Gasteiger partial charge in [0.15, 0.2) is 0 Å². The Balaban J connectivity index is 1.63. The van der Waals surface area contributed by atoms with Gasteiger partial charge in [0.05, 0.1) is 5.69 Å². The van der Waals surface area contributed by atoms with Gasteiger partial charge in [-0.2, -0.15) is 0 Å². The first-order valence-electron chi connectivity index (χ1n) is 6.15. The summed E-state index contributed by atoms with van der Waals surface area (Å²) in [6.07, 6.45) is 1.07. The Morgan fingerprint density at radius 2 is 2.11 bits per heavy atom. The maximum absolute atomic E-state index is 5.93. The average Bonchev–Trinajstić information content (AvgIpc) is 2.80. The Kier molecular flexibility index (Phi) is 3.71. The molecule has 1 atom stereocenters. The van der Waals surface area contributed by atoms with Crippen molar-refractivity contribution in [1.82, 2.24) is 0 Å². The highest BCUT2D eigenvalue weighted by Crippen LogP contribution is 2.37. The zero-order valence-corrected chi connectivity index (χ0v) is 12.7. The lowest BCUT2D eigenvalue weighted by Crippen LogP contribution is -2.14. The molecule has 2 aromatic rings. The zero-order chi connectivity index (χ0) is 13.2.